The number of morpholine rings is 1. The molecule has 2 aromatic rings. The summed E-state index contributed by atoms with van der Waals surface area (Å²) in [6, 6.07) is 11.0. The molecule has 2 heterocycles. The van der Waals surface area contributed by atoms with Gasteiger partial charge in [0.2, 0.25) is 5.95 Å². The van der Waals surface area contributed by atoms with E-state index in [1.807, 2.05) is 36.4 Å². The molecule has 0 bridgehead atoms. The maximum atomic E-state index is 12.1. The molecule has 0 saturated carbocycles. The molecule has 3 rings (SSSR count). The largest absolute Gasteiger partial charge is 0.444 e. The van der Waals surface area contributed by atoms with Crippen LogP contribution in [0.2, 0.25) is 0 Å². The van der Waals surface area contributed by atoms with Crippen molar-refractivity contribution in [1.29, 1.82) is 5.26 Å². The van der Waals surface area contributed by atoms with E-state index < -0.39 is 11.7 Å². The Hall–Kier alpha value is -3.38. The Balaban J connectivity index is 1.73. The lowest BCUT2D eigenvalue weighted by molar-refractivity contribution is 0.122. The lowest BCUT2D eigenvalue weighted by Crippen LogP contribution is -2.38. The molecule has 1 aromatic heterocycles. The van der Waals surface area contributed by atoms with Crippen molar-refractivity contribution >= 4 is 17.9 Å². The highest BCUT2D eigenvalue weighted by Crippen LogP contribution is 2.17. The third-order valence-electron chi connectivity index (χ3n) is 3.76. The van der Waals surface area contributed by atoms with Gasteiger partial charge in [-0.3, -0.25) is 15.1 Å². The zero-order valence-electron chi connectivity index (χ0n) is 13.9. The van der Waals surface area contributed by atoms with Gasteiger partial charge in [0.1, 0.15) is 12.7 Å². The Morgan fingerprint density at radius 2 is 2.08 bits per heavy atom. The van der Waals surface area contributed by atoms with E-state index in [0.717, 1.165) is 5.56 Å². The van der Waals surface area contributed by atoms with Gasteiger partial charge < -0.3 is 14.4 Å². The number of anilines is 2. The fourth-order valence-electron chi connectivity index (χ4n) is 2.48. The molecule has 1 aromatic carbocycles. The van der Waals surface area contributed by atoms with E-state index >= 15 is 0 Å². The second-order valence-electron chi connectivity index (χ2n) is 5.51. The molecule has 9 nitrogen and oxygen atoms in total. The lowest BCUT2D eigenvalue weighted by atomic mass is 10.2. The molecule has 1 amide bonds. The van der Waals surface area contributed by atoms with Gasteiger partial charge in [0.15, 0.2) is 11.4 Å². The number of hydrogen-bond donors (Lipinski definition) is 2. The highest BCUT2D eigenvalue weighted by molar-refractivity contribution is 5.82. The first-order chi connectivity index (χ1) is 12.7. The third kappa shape index (κ3) is 4.17. The second-order valence-corrected chi connectivity index (χ2v) is 5.51. The van der Waals surface area contributed by atoms with Gasteiger partial charge in [0, 0.05) is 13.1 Å². The van der Waals surface area contributed by atoms with Gasteiger partial charge in [-0.25, -0.2) is 4.79 Å². The average molecular weight is 355 g/mol. The number of aromatic amines is 1. The molecule has 0 atom stereocenters. The van der Waals surface area contributed by atoms with E-state index in [4.69, 9.17) is 9.47 Å². The van der Waals surface area contributed by atoms with E-state index in [-0.39, 0.29) is 23.9 Å². The molecule has 1 saturated heterocycles. The molecular weight excluding hydrogens is 338 g/mol. The number of rotatable bonds is 4. The molecule has 0 spiro atoms. The fourth-order valence-corrected chi connectivity index (χ4v) is 2.48. The number of benzene rings is 1. The SMILES string of the molecule is N#Cc1c(N2CCOCC2)nc(NC(=O)OCc2ccccc2)[nH]c1=O. The standard InChI is InChI=1S/C17H17N5O4/c18-10-13-14(22-6-8-25-9-7-22)19-16(20-15(13)23)21-17(24)26-11-12-4-2-1-3-5-12/h1-5H,6-9,11H2,(H2,19,20,21,23,24). The summed E-state index contributed by atoms with van der Waals surface area (Å²) in [5, 5.41) is 11.6. The number of aromatic nitrogens is 2. The molecule has 134 valence electrons. The zero-order valence-corrected chi connectivity index (χ0v) is 13.9. The van der Waals surface area contributed by atoms with Crippen molar-refractivity contribution in [2.45, 2.75) is 6.61 Å². The van der Waals surface area contributed by atoms with E-state index in [1.54, 1.807) is 4.90 Å². The summed E-state index contributed by atoms with van der Waals surface area (Å²) in [6.07, 6.45) is -0.755. The van der Waals surface area contributed by atoms with Gasteiger partial charge in [0.05, 0.1) is 13.2 Å². The Labute approximate surface area is 149 Å². The Morgan fingerprint density at radius 3 is 2.77 bits per heavy atom. The molecule has 2 N–H and O–H groups in total. The monoisotopic (exact) mass is 355 g/mol. The molecule has 9 heteroatoms. The van der Waals surface area contributed by atoms with Crippen LogP contribution >= 0.6 is 0 Å². The van der Waals surface area contributed by atoms with Gasteiger partial charge in [-0.1, -0.05) is 30.3 Å². The van der Waals surface area contributed by atoms with Crippen LogP contribution in [0.15, 0.2) is 35.1 Å². The number of carbonyl (C=O) groups excluding carboxylic acids is 1. The van der Waals surface area contributed by atoms with Crippen molar-refractivity contribution < 1.29 is 14.3 Å². The van der Waals surface area contributed by atoms with Crippen molar-refractivity contribution in [3.8, 4) is 6.07 Å². The normalized spacial score (nSPS) is 13.7. The lowest BCUT2D eigenvalue weighted by Gasteiger charge is -2.28. The maximum absolute atomic E-state index is 12.1. The number of hydrogen-bond acceptors (Lipinski definition) is 7. The van der Waals surface area contributed by atoms with Crippen LogP contribution in [0.3, 0.4) is 0 Å². The number of nitrogens with one attached hydrogen (secondary N) is 2. The summed E-state index contributed by atoms with van der Waals surface area (Å²) in [7, 11) is 0. The molecule has 1 fully saturated rings. The highest BCUT2D eigenvalue weighted by atomic mass is 16.5. The summed E-state index contributed by atoms with van der Waals surface area (Å²) in [5.41, 5.74) is 0.107. The Morgan fingerprint density at radius 1 is 1.35 bits per heavy atom. The molecule has 1 aliphatic rings. The van der Waals surface area contributed by atoms with Gasteiger partial charge in [-0.2, -0.15) is 10.2 Å². The summed E-state index contributed by atoms with van der Waals surface area (Å²) in [4.78, 5) is 32.4. The minimum atomic E-state index is -0.755. The molecular formula is C17H17N5O4. The van der Waals surface area contributed by atoms with Crippen LogP contribution in [0.4, 0.5) is 16.6 Å². The first-order valence-corrected chi connectivity index (χ1v) is 8.02. The second kappa shape index (κ2) is 8.13. The van der Waals surface area contributed by atoms with Crippen LogP contribution in [0, 0.1) is 11.3 Å². The van der Waals surface area contributed by atoms with Crippen LogP contribution in [0.5, 0.6) is 0 Å². The number of ether oxygens (including phenoxy) is 2. The van der Waals surface area contributed by atoms with Crippen molar-refractivity contribution in [2.75, 3.05) is 36.5 Å². The Bertz CT molecular complexity index is 869. The minimum absolute atomic E-state index is 0.0754. The molecule has 26 heavy (non-hydrogen) atoms. The summed E-state index contributed by atoms with van der Waals surface area (Å²) in [6.45, 7) is 2.04. The molecule has 0 aliphatic carbocycles. The highest BCUT2D eigenvalue weighted by Gasteiger charge is 2.20. The molecule has 1 aliphatic heterocycles. The van der Waals surface area contributed by atoms with Gasteiger partial charge >= 0.3 is 6.09 Å². The summed E-state index contributed by atoms with van der Waals surface area (Å²) in [5.74, 6) is 0.145. The van der Waals surface area contributed by atoms with E-state index in [0.29, 0.717) is 26.3 Å². The summed E-state index contributed by atoms with van der Waals surface area (Å²) < 4.78 is 10.4. The van der Waals surface area contributed by atoms with Gasteiger partial charge in [-0.05, 0) is 5.56 Å². The summed E-state index contributed by atoms with van der Waals surface area (Å²) >= 11 is 0. The first-order valence-electron chi connectivity index (χ1n) is 8.02. The topological polar surface area (TPSA) is 120 Å². The zero-order chi connectivity index (χ0) is 18.4. The first kappa shape index (κ1) is 17.4. The average Bonchev–Trinajstić information content (AvgIpc) is 2.67. The quantitative estimate of drug-likeness (QED) is 0.846. The molecule has 0 radical (unpaired) electrons. The van der Waals surface area contributed by atoms with Crippen molar-refractivity contribution in [3.05, 3.63) is 51.8 Å². The van der Waals surface area contributed by atoms with E-state index in [1.165, 1.54) is 0 Å². The van der Waals surface area contributed by atoms with Crippen LogP contribution in [-0.2, 0) is 16.1 Å². The van der Waals surface area contributed by atoms with Crippen LogP contribution in [-0.4, -0.2) is 42.4 Å². The van der Waals surface area contributed by atoms with Gasteiger partial charge in [-0.15, -0.1) is 0 Å². The third-order valence-corrected chi connectivity index (χ3v) is 3.76. The van der Waals surface area contributed by atoms with E-state index in [9.17, 15) is 14.9 Å². The van der Waals surface area contributed by atoms with Crippen LogP contribution < -0.4 is 15.8 Å². The van der Waals surface area contributed by atoms with E-state index in [2.05, 4.69) is 15.3 Å². The van der Waals surface area contributed by atoms with Crippen molar-refractivity contribution in [2.24, 2.45) is 0 Å². The number of H-pyrrole nitrogens is 1. The fraction of sp³-hybridized carbons (Fsp3) is 0.294. The number of amides is 1. The minimum Gasteiger partial charge on any atom is -0.444 e. The number of nitriles is 1. The van der Waals surface area contributed by atoms with Gasteiger partial charge in [0.25, 0.3) is 5.56 Å². The predicted molar refractivity (Wildman–Crippen MR) is 92.9 cm³/mol. The maximum Gasteiger partial charge on any atom is 0.414 e. The Kier molecular flexibility index (Phi) is 5.46. The van der Waals surface area contributed by atoms with Crippen LogP contribution in [0.25, 0.3) is 0 Å². The van der Waals surface area contributed by atoms with Crippen molar-refractivity contribution in [1.82, 2.24) is 9.97 Å². The number of carbonyl (C=O) groups is 1. The molecule has 0 unspecified atom stereocenters. The predicted octanol–water partition coefficient (Wildman–Crippen LogP) is 1.23. The van der Waals surface area contributed by atoms with Crippen molar-refractivity contribution in [3.63, 3.8) is 0 Å². The number of nitrogens with zero attached hydrogens (tertiary/aromatic N) is 3. The van der Waals surface area contributed by atoms with Crippen LogP contribution in [0.1, 0.15) is 11.1 Å². The smallest absolute Gasteiger partial charge is 0.414 e.